The number of likely N-dealkylation sites (N-methyl/N-ethyl adjacent to an activating group) is 1. The summed E-state index contributed by atoms with van der Waals surface area (Å²) in [5, 5.41) is 0. The van der Waals surface area contributed by atoms with E-state index in [1.54, 1.807) is 37.3 Å². The number of aryl methyl sites for hydroxylation is 1. The number of hydrogen-bond donors (Lipinski definition) is 0. The molecule has 0 spiro atoms. The number of carbonyl (C=O) groups excluding carboxylic acids is 2. The van der Waals surface area contributed by atoms with Gasteiger partial charge in [-0.1, -0.05) is 18.2 Å². The molecule has 0 aliphatic heterocycles. The van der Waals surface area contributed by atoms with Gasteiger partial charge in [0.1, 0.15) is 5.82 Å². The molecule has 0 atom stereocenters. The van der Waals surface area contributed by atoms with E-state index in [2.05, 4.69) is 4.98 Å². The van der Waals surface area contributed by atoms with Crippen LogP contribution in [0.4, 0.5) is 4.39 Å². The molecule has 2 rings (SSSR count). The molecule has 5 nitrogen and oxygen atoms in total. The van der Waals surface area contributed by atoms with Gasteiger partial charge in [0.25, 0.3) is 5.91 Å². The van der Waals surface area contributed by atoms with Crippen molar-refractivity contribution in [2.24, 2.45) is 0 Å². The van der Waals surface area contributed by atoms with Crippen LogP contribution in [0, 0.1) is 12.7 Å². The first-order chi connectivity index (χ1) is 11.0. The molecule has 0 aliphatic carbocycles. The predicted molar refractivity (Wildman–Crippen MR) is 82.1 cm³/mol. The molecule has 0 unspecified atom stereocenters. The minimum atomic E-state index is -0.620. The maximum Gasteiger partial charge on any atom is 0.340 e. The summed E-state index contributed by atoms with van der Waals surface area (Å²) in [6.45, 7) is 1.50. The van der Waals surface area contributed by atoms with Crippen molar-refractivity contribution in [2.75, 3.05) is 13.7 Å². The van der Waals surface area contributed by atoms with Crippen molar-refractivity contribution in [3.05, 3.63) is 65.2 Å². The van der Waals surface area contributed by atoms with Gasteiger partial charge < -0.3 is 9.64 Å². The Morgan fingerprint density at radius 2 is 1.96 bits per heavy atom. The normalized spacial score (nSPS) is 10.2. The Kier molecular flexibility index (Phi) is 5.41. The lowest BCUT2D eigenvalue weighted by molar-refractivity contribution is -0.133. The Balaban J connectivity index is 1.87. The fourth-order valence-electron chi connectivity index (χ4n) is 1.88. The summed E-state index contributed by atoms with van der Waals surface area (Å²) in [5.74, 6) is -1.42. The molecule has 1 aromatic heterocycles. The molecule has 0 saturated heterocycles. The van der Waals surface area contributed by atoms with Crippen molar-refractivity contribution in [3.63, 3.8) is 0 Å². The average molecular weight is 316 g/mol. The summed E-state index contributed by atoms with van der Waals surface area (Å²) >= 11 is 0. The van der Waals surface area contributed by atoms with Crippen LogP contribution in [0.15, 0.2) is 42.6 Å². The third-order valence-electron chi connectivity index (χ3n) is 3.26. The van der Waals surface area contributed by atoms with Gasteiger partial charge in [-0.05, 0) is 25.1 Å². The second-order valence-electron chi connectivity index (χ2n) is 5.11. The van der Waals surface area contributed by atoms with E-state index in [1.165, 1.54) is 24.2 Å². The second kappa shape index (κ2) is 7.49. The summed E-state index contributed by atoms with van der Waals surface area (Å²) in [4.78, 5) is 29.1. The lowest BCUT2D eigenvalue weighted by atomic mass is 10.2. The van der Waals surface area contributed by atoms with Gasteiger partial charge in [0.2, 0.25) is 0 Å². The number of hydrogen-bond acceptors (Lipinski definition) is 4. The average Bonchev–Trinajstić information content (AvgIpc) is 2.55. The smallest absolute Gasteiger partial charge is 0.340 e. The topological polar surface area (TPSA) is 59.5 Å². The number of nitrogens with zero attached hydrogens (tertiary/aromatic N) is 2. The van der Waals surface area contributed by atoms with E-state index in [1.807, 2.05) is 0 Å². The van der Waals surface area contributed by atoms with Crippen molar-refractivity contribution in [3.8, 4) is 0 Å². The predicted octanol–water partition coefficient (Wildman–Crippen LogP) is 2.34. The van der Waals surface area contributed by atoms with Crippen LogP contribution < -0.4 is 0 Å². The Labute approximate surface area is 133 Å². The molecule has 1 aromatic carbocycles. The number of aromatic nitrogens is 1. The summed E-state index contributed by atoms with van der Waals surface area (Å²) in [7, 11) is 1.52. The molecule has 2 aromatic rings. The van der Waals surface area contributed by atoms with E-state index in [4.69, 9.17) is 4.74 Å². The largest absolute Gasteiger partial charge is 0.452 e. The third-order valence-corrected chi connectivity index (χ3v) is 3.26. The first kappa shape index (κ1) is 16.6. The van der Waals surface area contributed by atoms with Gasteiger partial charge in [-0.15, -0.1) is 0 Å². The lowest BCUT2D eigenvalue weighted by Crippen LogP contribution is -2.31. The zero-order valence-electron chi connectivity index (χ0n) is 13.0. The molecule has 1 amide bonds. The quantitative estimate of drug-likeness (QED) is 0.795. The van der Waals surface area contributed by atoms with Crippen molar-refractivity contribution in [1.82, 2.24) is 9.88 Å². The molecule has 0 fully saturated rings. The van der Waals surface area contributed by atoms with Crippen molar-refractivity contribution in [1.29, 1.82) is 0 Å². The zero-order chi connectivity index (χ0) is 16.8. The Morgan fingerprint density at radius 3 is 2.61 bits per heavy atom. The van der Waals surface area contributed by atoms with Crippen LogP contribution in [0.25, 0.3) is 0 Å². The summed E-state index contributed by atoms with van der Waals surface area (Å²) in [6.07, 6.45) is 1.39. The minimum absolute atomic E-state index is 0.106. The third kappa shape index (κ3) is 4.60. The lowest BCUT2D eigenvalue weighted by Gasteiger charge is -2.17. The fraction of sp³-hybridized carbons (Fsp3) is 0.235. The summed E-state index contributed by atoms with van der Waals surface area (Å²) in [5.41, 5.74) is 1.46. The van der Waals surface area contributed by atoms with E-state index >= 15 is 0 Å². The van der Waals surface area contributed by atoms with Crippen LogP contribution in [-0.2, 0) is 16.1 Å². The SMILES string of the molecule is Cc1ccc(C(=O)OCC(=O)N(C)Cc2ccccc2F)cn1. The van der Waals surface area contributed by atoms with Crippen molar-refractivity contribution in [2.45, 2.75) is 13.5 Å². The van der Waals surface area contributed by atoms with Crippen LogP contribution in [-0.4, -0.2) is 35.4 Å². The van der Waals surface area contributed by atoms with Crippen LogP contribution in [0.2, 0.25) is 0 Å². The number of amides is 1. The summed E-state index contributed by atoms with van der Waals surface area (Å²) < 4.78 is 18.5. The van der Waals surface area contributed by atoms with Crippen LogP contribution in [0.5, 0.6) is 0 Å². The number of ether oxygens (including phenoxy) is 1. The van der Waals surface area contributed by atoms with Crippen LogP contribution in [0.3, 0.4) is 0 Å². The molecule has 0 aliphatic rings. The van der Waals surface area contributed by atoms with E-state index in [-0.39, 0.29) is 17.9 Å². The highest BCUT2D eigenvalue weighted by atomic mass is 19.1. The van der Waals surface area contributed by atoms with Gasteiger partial charge >= 0.3 is 5.97 Å². The summed E-state index contributed by atoms with van der Waals surface area (Å²) in [6, 6.07) is 9.47. The highest BCUT2D eigenvalue weighted by Gasteiger charge is 2.15. The Bertz CT molecular complexity index is 701. The molecular formula is C17H17FN2O3. The van der Waals surface area contributed by atoms with Gasteiger partial charge in [-0.3, -0.25) is 9.78 Å². The van der Waals surface area contributed by atoms with Crippen molar-refractivity contribution >= 4 is 11.9 Å². The number of carbonyl (C=O) groups is 2. The van der Waals surface area contributed by atoms with Crippen LogP contribution >= 0.6 is 0 Å². The zero-order valence-corrected chi connectivity index (χ0v) is 13.0. The number of rotatable bonds is 5. The van der Waals surface area contributed by atoms with Gasteiger partial charge in [0.15, 0.2) is 6.61 Å². The minimum Gasteiger partial charge on any atom is -0.452 e. The molecule has 0 N–H and O–H groups in total. The number of pyridine rings is 1. The molecule has 1 heterocycles. The molecular weight excluding hydrogens is 299 g/mol. The van der Waals surface area contributed by atoms with E-state index in [0.29, 0.717) is 5.56 Å². The molecule has 0 saturated carbocycles. The second-order valence-corrected chi connectivity index (χ2v) is 5.11. The molecule has 23 heavy (non-hydrogen) atoms. The molecule has 0 radical (unpaired) electrons. The van der Waals surface area contributed by atoms with Crippen molar-refractivity contribution < 1.29 is 18.7 Å². The van der Waals surface area contributed by atoms with Gasteiger partial charge in [0.05, 0.1) is 5.56 Å². The first-order valence-electron chi connectivity index (χ1n) is 7.04. The number of halogens is 1. The molecule has 6 heteroatoms. The van der Waals surface area contributed by atoms with Gasteiger partial charge in [0, 0.05) is 31.0 Å². The fourth-order valence-corrected chi connectivity index (χ4v) is 1.88. The van der Waals surface area contributed by atoms with Gasteiger partial charge in [-0.2, -0.15) is 0 Å². The highest BCUT2D eigenvalue weighted by Crippen LogP contribution is 2.09. The standard InChI is InChI=1S/C17H17FN2O3/c1-12-7-8-13(9-19-12)17(22)23-11-16(21)20(2)10-14-5-3-4-6-15(14)18/h3-9H,10-11H2,1-2H3. The first-order valence-corrected chi connectivity index (χ1v) is 7.04. The maximum atomic E-state index is 13.6. The molecule has 120 valence electrons. The van der Waals surface area contributed by atoms with Crippen LogP contribution in [0.1, 0.15) is 21.6 Å². The number of benzene rings is 1. The monoisotopic (exact) mass is 316 g/mol. The Morgan fingerprint density at radius 1 is 1.22 bits per heavy atom. The molecule has 0 bridgehead atoms. The van der Waals surface area contributed by atoms with E-state index < -0.39 is 18.5 Å². The van der Waals surface area contributed by atoms with Gasteiger partial charge in [-0.25, -0.2) is 9.18 Å². The Hall–Kier alpha value is -2.76. The van der Waals surface area contributed by atoms with E-state index in [0.717, 1.165) is 5.69 Å². The maximum absolute atomic E-state index is 13.6. The highest BCUT2D eigenvalue weighted by molar-refractivity contribution is 5.90. The van der Waals surface area contributed by atoms with E-state index in [9.17, 15) is 14.0 Å². The number of esters is 1.